The molecule has 0 atom stereocenters. The highest BCUT2D eigenvalue weighted by Crippen LogP contribution is 2.32. The molecular weight excluding hydrogens is 470 g/mol. The Balaban J connectivity index is 1.88. The van der Waals surface area contributed by atoms with Gasteiger partial charge < -0.3 is 14.2 Å². The number of hydrazone groups is 1. The van der Waals surface area contributed by atoms with Crippen molar-refractivity contribution in [3.8, 4) is 17.2 Å². The van der Waals surface area contributed by atoms with Crippen LogP contribution in [0.5, 0.6) is 17.2 Å². The molecule has 0 aromatic heterocycles. The number of benzene rings is 3. The van der Waals surface area contributed by atoms with Gasteiger partial charge in [-0.2, -0.15) is 5.10 Å². The fourth-order valence-corrected chi connectivity index (χ4v) is 4.63. The zero-order valence-electron chi connectivity index (χ0n) is 19.9. The zero-order chi connectivity index (χ0) is 25.4. The Hall–Kier alpha value is -4.05. The fraction of sp³-hybridized carbons (Fsp3) is 0.200. The minimum Gasteiger partial charge on any atom is -0.497 e. The van der Waals surface area contributed by atoms with Gasteiger partial charge in [0, 0.05) is 6.07 Å². The lowest BCUT2D eigenvalue weighted by Crippen LogP contribution is -2.39. The normalized spacial score (nSPS) is 11.2. The molecule has 0 unspecified atom stereocenters. The number of carbonyl (C=O) groups excluding carboxylic acids is 1. The van der Waals surface area contributed by atoms with Crippen LogP contribution >= 0.6 is 0 Å². The Morgan fingerprint density at radius 2 is 1.66 bits per heavy atom. The van der Waals surface area contributed by atoms with E-state index in [1.165, 1.54) is 38.6 Å². The SMILES string of the molecule is COc1cccc(/C=N\NC(=O)CN(c2ccc(C)cc2)S(=O)(=O)c2ccc(OC)c(OC)c2)c1. The third kappa shape index (κ3) is 6.30. The van der Waals surface area contributed by atoms with Crippen molar-refractivity contribution in [3.63, 3.8) is 0 Å². The number of carbonyl (C=O) groups is 1. The van der Waals surface area contributed by atoms with Gasteiger partial charge in [0.05, 0.1) is 38.1 Å². The van der Waals surface area contributed by atoms with E-state index in [9.17, 15) is 13.2 Å². The molecular formula is C25H27N3O6S. The largest absolute Gasteiger partial charge is 0.497 e. The van der Waals surface area contributed by atoms with Gasteiger partial charge >= 0.3 is 0 Å². The number of nitrogens with zero attached hydrogens (tertiary/aromatic N) is 2. The molecule has 0 fully saturated rings. The Bertz CT molecular complexity index is 1310. The maximum Gasteiger partial charge on any atom is 0.264 e. The molecule has 0 aliphatic heterocycles. The Labute approximate surface area is 205 Å². The van der Waals surface area contributed by atoms with Crippen LogP contribution in [0, 0.1) is 6.92 Å². The first-order chi connectivity index (χ1) is 16.8. The third-order valence-electron chi connectivity index (χ3n) is 5.05. The first kappa shape index (κ1) is 25.6. The third-order valence-corrected chi connectivity index (χ3v) is 6.82. The number of hydrogen-bond donors (Lipinski definition) is 1. The van der Waals surface area contributed by atoms with Crippen molar-refractivity contribution in [1.82, 2.24) is 5.43 Å². The molecule has 0 saturated heterocycles. The first-order valence-electron chi connectivity index (χ1n) is 10.6. The van der Waals surface area contributed by atoms with E-state index in [1.807, 2.05) is 6.92 Å². The van der Waals surface area contributed by atoms with E-state index >= 15 is 0 Å². The minimum atomic E-state index is -4.14. The fourth-order valence-electron chi connectivity index (χ4n) is 3.20. The van der Waals surface area contributed by atoms with Gasteiger partial charge in [0.1, 0.15) is 12.3 Å². The molecule has 184 valence electrons. The van der Waals surface area contributed by atoms with Crippen molar-refractivity contribution in [3.05, 3.63) is 77.9 Å². The number of anilines is 1. The van der Waals surface area contributed by atoms with Gasteiger partial charge in [-0.15, -0.1) is 0 Å². The van der Waals surface area contributed by atoms with Crippen LogP contribution in [-0.4, -0.2) is 48.4 Å². The number of sulfonamides is 1. The molecule has 0 saturated carbocycles. The summed E-state index contributed by atoms with van der Waals surface area (Å²) in [5, 5.41) is 3.94. The smallest absolute Gasteiger partial charge is 0.264 e. The molecule has 0 spiro atoms. The van der Waals surface area contributed by atoms with Gasteiger partial charge in [-0.1, -0.05) is 29.8 Å². The van der Waals surface area contributed by atoms with Crippen molar-refractivity contribution in [2.45, 2.75) is 11.8 Å². The van der Waals surface area contributed by atoms with E-state index in [0.29, 0.717) is 22.7 Å². The summed E-state index contributed by atoms with van der Waals surface area (Å²) in [6.07, 6.45) is 1.44. The maximum atomic E-state index is 13.6. The van der Waals surface area contributed by atoms with E-state index in [4.69, 9.17) is 14.2 Å². The highest BCUT2D eigenvalue weighted by molar-refractivity contribution is 7.92. The summed E-state index contributed by atoms with van der Waals surface area (Å²) in [6, 6.07) is 18.2. The second-order valence-electron chi connectivity index (χ2n) is 7.43. The molecule has 0 bridgehead atoms. The Morgan fingerprint density at radius 1 is 0.943 bits per heavy atom. The molecule has 10 heteroatoms. The van der Waals surface area contributed by atoms with Gasteiger partial charge in [0.2, 0.25) is 0 Å². The van der Waals surface area contributed by atoms with E-state index in [2.05, 4.69) is 10.5 Å². The van der Waals surface area contributed by atoms with Gasteiger partial charge in [-0.25, -0.2) is 13.8 Å². The van der Waals surface area contributed by atoms with E-state index < -0.39 is 22.5 Å². The summed E-state index contributed by atoms with van der Waals surface area (Å²) >= 11 is 0. The molecule has 1 N–H and O–H groups in total. The van der Waals surface area contributed by atoms with Crippen LogP contribution in [0.25, 0.3) is 0 Å². The summed E-state index contributed by atoms with van der Waals surface area (Å²) in [6.45, 7) is 1.39. The predicted molar refractivity (Wildman–Crippen MR) is 134 cm³/mol. The average Bonchev–Trinajstić information content (AvgIpc) is 2.87. The lowest BCUT2D eigenvalue weighted by atomic mass is 10.2. The predicted octanol–water partition coefficient (Wildman–Crippen LogP) is 3.37. The Morgan fingerprint density at radius 3 is 2.31 bits per heavy atom. The second-order valence-corrected chi connectivity index (χ2v) is 9.30. The number of ether oxygens (including phenoxy) is 3. The number of amides is 1. The molecule has 3 aromatic carbocycles. The van der Waals surface area contributed by atoms with Gasteiger partial charge in [0.15, 0.2) is 11.5 Å². The lowest BCUT2D eigenvalue weighted by molar-refractivity contribution is -0.119. The molecule has 9 nitrogen and oxygen atoms in total. The molecule has 35 heavy (non-hydrogen) atoms. The van der Waals surface area contributed by atoms with Crippen LogP contribution in [0.1, 0.15) is 11.1 Å². The van der Waals surface area contributed by atoms with Crippen LogP contribution in [0.2, 0.25) is 0 Å². The summed E-state index contributed by atoms with van der Waals surface area (Å²) in [7, 11) is 0.291. The molecule has 1 amide bonds. The van der Waals surface area contributed by atoms with Gasteiger partial charge in [-0.05, 0) is 48.9 Å². The number of hydrogen-bond acceptors (Lipinski definition) is 7. The van der Waals surface area contributed by atoms with E-state index in [0.717, 1.165) is 9.87 Å². The van der Waals surface area contributed by atoms with Crippen molar-refractivity contribution in [2.75, 3.05) is 32.2 Å². The molecule has 3 aromatic rings. The first-order valence-corrected chi connectivity index (χ1v) is 12.0. The zero-order valence-corrected chi connectivity index (χ0v) is 20.7. The Kier molecular flexibility index (Phi) is 8.32. The monoisotopic (exact) mass is 497 g/mol. The summed E-state index contributed by atoms with van der Waals surface area (Å²) in [4.78, 5) is 12.7. The second kappa shape index (κ2) is 11.4. The van der Waals surface area contributed by atoms with Gasteiger partial charge in [-0.3, -0.25) is 9.10 Å². The molecule has 0 heterocycles. The summed E-state index contributed by atoms with van der Waals surface area (Å²) in [5.41, 5.74) is 4.37. The van der Waals surface area contributed by atoms with Crippen molar-refractivity contribution >= 4 is 27.8 Å². The number of nitrogens with one attached hydrogen (secondary N) is 1. The lowest BCUT2D eigenvalue weighted by Gasteiger charge is -2.24. The summed E-state index contributed by atoms with van der Waals surface area (Å²) < 4.78 is 43.8. The topological polar surface area (TPSA) is 107 Å². The molecule has 0 aliphatic rings. The minimum absolute atomic E-state index is 0.0524. The van der Waals surface area contributed by atoms with Crippen LogP contribution in [0.15, 0.2) is 76.7 Å². The van der Waals surface area contributed by atoms with E-state index in [-0.39, 0.29) is 10.6 Å². The quantitative estimate of drug-likeness (QED) is 0.340. The average molecular weight is 498 g/mol. The van der Waals surface area contributed by atoms with E-state index in [1.54, 1.807) is 55.6 Å². The van der Waals surface area contributed by atoms with Crippen LogP contribution in [0.3, 0.4) is 0 Å². The van der Waals surface area contributed by atoms with Crippen molar-refractivity contribution in [2.24, 2.45) is 5.10 Å². The van der Waals surface area contributed by atoms with Crippen molar-refractivity contribution < 1.29 is 27.4 Å². The highest BCUT2D eigenvalue weighted by atomic mass is 32.2. The van der Waals surface area contributed by atoms with Gasteiger partial charge in [0.25, 0.3) is 15.9 Å². The number of aryl methyl sites for hydroxylation is 1. The standard InChI is InChI=1S/C25H27N3O6S/c1-18-8-10-20(11-9-18)28(35(30,31)22-12-13-23(33-3)24(15-22)34-4)17-25(29)27-26-16-19-6-5-7-21(14-19)32-2/h5-16H,17H2,1-4H3,(H,27,29)/b26-16-. The van der Waals surface area contributed by atoms with Crippen LogP contribution in [0.4, 0.5) is 5.69 Å². The van der Waals surface area contributed by atoms with Crippen LogP contribution < -0.4 is 23.9 Å². The summed E-state index contributed by atoms with van der Waals surface area (Å²) in [5.74, 6) is 0.670. The highest BCUT2D eigenvalue weighted by Gasteiger charge is 2.28. The van der Waals surface area contributed by atoms with Crippen LogP contribution in [-0.2, 0) is 14.8 Å². The number of rotatable bonds is 10. The van der Waals surface area contributed by atoms with Crippen molar-refractivity contribution in [1.29, 1.82) is 0 Å². The maximum absolute atomic E-state index is 13.6. The number of methoxy groups -OCH3 is 3. The molecule has 0 radical (unpaired) electrons. The molecule has 0 aliphatic carbocycles. The molecule has 3 rings (SSSR count).